The number of benzene rings is 1. The summed E-state index contributed by atoms with van der Waals surface area (Å²) in [4.78, 5) is 0. The van der Waals surface area contributed by atoms with Crippen LogP contribution in [0.1, 0.15) is 13.8 Å². The lowest BCUT2D eigenvalue weighted by atomic mass is 10.5. The van der Waals surface area contributed by atoms with E-state index in [1.54, 1.807) is 14.2 Å². The van der Waals surface area contributed by atoms with Gasteiger partial charge in [0.2, 0.25) is 0 Å². The number of ether oxygens (including phenoxy) is 2. The Hall–Kier alpha value is -1.22. The smallest absolute Gasteiger partial charge is 0.168 e. The molecule has 0 atom stereocenters. The van der Waals surface area contributed by atoms with Crippen molar-refractivity contribution in [3.63, 3.8) is 0 Å². The van der Waals surface area contributed by atoms with Crippen molar-refractivity contribution in [3.8, 4) is 22.6 Å². The van der Waals surface area contributed by atoms with Gasteiger partial charge in [-0.1, -0.05) is 13.8 Å². The second-order valence-electron chi connectivity index (χ2n) is 3.50. The topological polar surface area (TPSA) is 44.5 Å². The Balaban J connectivity index is 0.000000213. The lowest BCUT2D eigenvalue weighted by Gasteiger charge is -2.00. The standard InChI is InChI=1S/C8H8O2.C3H9N/c1-9-7-4-5-3-6(5)8(7)10-2;1-3(2)4/h3-4H,1-2H3;3H,4H2,1-2H3. The number of nitrogens with two attached hydrogens (primary N) is 1. The van der Waals surface area contributed by atoms with E-state index in [0.29, 0.717) is 6.04 Å². The molecule has 0 unspecified atom stereocenters. The van der Waals surface area contributed by atoms with Gasteiger partial charge in [0.05, 0.1) is 14.2 Å². The SMILES string of the molecule is CC(C)N.COc1cc2cc-2c1OC. The Bertz CT molecular complexity index is 319. The van der Waals surface area contributed by atoms with Gasteiger partial charge in [0.25, 0.3) is 0 Å². The van der Waals surface area contributed by atoms with Gasteiger partial charge in [0.1, 0.15) is 0 Å². The number of methoxy groups -OCH3 is 2. The molecular formula is C11H17NO2. The summed E-state index contributed by atoms with van der Waals surface area (Å²) in [5.74, 6) is 1.72. The molecule has 0 saturated heterocycles. The van der Waals surface area contributed by atoms with Crippen LogP contribution >= 0.6 is 0 Å². The normalized spacial score (nSPS) is 10.4. The molecule has 0 aromatic heterocycles. The van der Waals surface area contributed by atoms with E-state index in [1.165, 1.54) is 11.1 Å². The average molecular weight is 195 g/mol. The van der Waals surface area contributed by atoms with Crippen molar-refractivity contribution in [2.45, 2.75) is 19.9 Å². The molecule has 0 spiro atoms. The van der Waals surface area contributed by atoms with Crippen molar-refractivity contribution in [2.24, 2.45) is 5.73 Å². The molecule has 3 heteroatoms. The molecule has 0 radical (unpaired) electrons. The Labute approximate surface area is 84.8 Å². The molecule has 2 N–H and O–H groups in total. The summed E-state index contributed by atoms with van der Waals surface area (Å²) in [7, 11) is 3.31. The van der Waals surface area contributed by atoms with Crippen molar-refractivity contribution in [1.29, 1.82) is 0 Å². The van der Waals surface area contributed by atoms with Gasteiger partial charge in [-0.05, 0) is 23.7 Å². The second kappa shape index (κ2) is 4.33. The quantitative estimate of drug-likeness (QED) is 0.797. The molecule has 0 aromatic carbocycles. The van der Waals surface area contributed by atoms with E-state index in [2.05, 4.69) is 6.07 Å². The van der Waals surface area contributed by atoms with Crippen molar-refractivity contribution in [3.05, 3.63) is 12.1 Å². The van der Waals surface area contributed by atoms with Gasteiger partial charge in [-0.25, -0.2) is 0 Å². The second-order valence-corrected chi connectivity index (χ2v) is 3.50. The zero-order chi connectivity index (χ0) is 10.7. The van der Waals surface area contributed by atoms with Gasteiger partial charge >= 0.3 is 0 Å². The molecule has 2 aliphatic rings. The van der Waals surface area contributed by atoms with E-state index in [4.69, 9.17) is 15.2 Å². The monoisotopic (exact) mass is 195 g/mol. The minimum atomic E-state index is 0.333. The summed E-state index contributed by atoms with van der Waals surface area (Å²) in [5, 5.41) is 0. The summed E-state index contributed by atoms with van der Waals surface area (Å²) < 4.78 is 10.2. The molecule has 78 valence electrons. The molecule has 14 heavy (non-hydrogen) atoms. The van der Waals surface area contributed by atoms with E-state index in [1.807, 2.05) is 19.9 Å². The van der Waals surface area contributed by atoms with Gasteiger partial charge in [-0.3, -0.25) is 0 Å². The molecule has 0 heterocycles. The highest BCUT2D eigenvalue weighted by Crippen LogP contribution is 2.50. The number of hydrogen-bond acceptors (Lipinski definition) is 3. The van der Waals surface area contributed by atoms with E-state index >= 15 is 0 Å². The first kappa shape index (κ1) is 10.9. The number of rotatable bonds is 2. The molecule has 0 aliphatic heterocycles. The van der Waals surface area contributed by atoms with Gasteiger partial charge < -0.3 is 15.2 Å². The fraction of sp³-hybridized carbons (Fsp3) is 0.455. The molecule has 0 bridgehead atoms. The zero-order valence-corrected chi connectivity index (χ0v) is 9.13. The van der Waals surface area contributed by atoms with Crippen molar-refractivity contribution >= 4 is 0 Å². The number of hydrogen-bond donors (Lipinski definition) is 1. The maximum absolute atomic E-state index is 5.11. The minimum Gasteiger partial charge on any atom is -0.493 e. The third kappa shape index (κ3) is 2.39. The Kier molecular flexibility index (Phi) is 3.36. The predicted molar refractivity (Wildman–Crippen MR) is 57.9 cm³/mol. The van der Waals surface area contributed by atoms with Crippen LogP contribution in [-0.2, 0) is 0 Å². The summed E-state index contributed by atoms with van der Waals surface area (Å²) in [6.45, 7) is 3.89. The maximum Gasteiger partial charge on any atom is 0.168 e. The lowest BCUT2D eigenvalue weighted by Crippen LogP contribution is -2.06. The highest BCUT2D eigenvalue weighted by Gasteiger charge is 2.23. The molecule has 2 aliphatic carbocycles. The van der Waals surface area contributed by atoms with Crippen LogP contribution in [-0.4, -0.2) is 20.3 Å². The largest absolute Gasteiger partial charge is 0.493 e. The van der Waals surface area contributed by atoms with E-state index in [9.17, 15) is 0 Å². The Morgan fingerprint density at radius 3 is 2.07 bits per heavy atom. The van der Waals surface area contributed by atoms with Crippen molar-refractivity contribution < 1.29 is 9.47 Å². The fourth-order valence-corrected chi connectivity index (χ4v) is 1.14. The first-order valence-electron chi connectivity index (χ1n) is 4.62. The lowest BCUT2D eigenvalue weighted by molar-refractivity contribution is 0.359. The third-order valence-electron chi connectivity index (χ3n) is 1.71. The maximum atomic E-state index is 5.11. The van der Waals surface area contributed by atoms with Crippen LogP contribution in [0, 0.1) is 0 Å². The van der Waals surface area contributed by atoms with E-state index in [-0.39, 0.29) is 0 Å². The number of fused-ring (bicyclic) bond motifs is 1. The highest BCUT2D eigenvalue weighted by molar-refractivity contribution is 5.91. The van der Waals surface area contributed by atoms with Crippen LogP contribution in [0.15, 0.2) is 12.1 Å². The Morgan fingerprint density at radius 1 is 1.14 bits per heavy atom. The van der Waals surface area contributed by atoms with Crippen molar-refractivity contribution in [2.75, 3.05) is 14.2 Å². The predicted octanol–water partition coefficient (Wildman–Crippen LogP) is 2.04. The van der Waals surface area contributed by atoms with Crippen LogP contribution in [0.4, 0.5) is 0 Å². The van der Waals surface area contributed by atoms with Crippen LogP contribution in [0.2, 0.25) is 0 Å². The molecular weight excluding hydrogens is 178 g/mol. The minimum absolute atomic E-state index is 0.333. The van der Waals surface area contributed by atoms with E-state index < -0.39 is 0 Å². The highest BCUT2D eigenvalue weighted by atomic mass is 16.5. The van der Waals surface area contributed by atoms with Gasteiger partial charge in [-0.2, -0.15) is 0 Å². The van der Waals surface area contributed by atoms with Crippen LogP contribution < -0.4 is 15.2 Å². The average Bonchev–Trinajstić information content (AvgIpc) is 2.77. The summed E-state index contributed by atoms with van der Waals surface area (Å²) in [5.41, 5.74) is 7.55. The van der Waals surface area contributed by atoms with E-state index in [0.717, 1.165) is 11.5 Å². The summed E-state index contributed by atoms with van der Waals surface area (Å²) >= 11 is 0. The molecule has 0 aromatic rings. The summed E-state index contributed by atoms with van der Waals surface area (Å²) in [6.07, 6.45) is 0. The van der Waals surface area contributed by atoms with Gasteiger partial charge in [0, 0.05) is 5.56 Å². The third-order valence-corrected chi connectivity index (χ3v) is 1.71. The summed E-state index contributed by atoms with van der Waals surface area (Å²) in [6, 6.07) is 4.38. The molecule has 2 rings (SSSR count). The van der Waals surface area contributed by atoms with Crippen LogP contribution in [0.3, 0.4) is 0 Å². The first-order valence-corrected chi connectivity index (χ1v) is 4.62. The van der Waals surface area contributed by atoms with Crippen LogP contribution in [0.25, 0.3) is 11.1 Å². The molecule has 3 nitrogen and oxygen atoms in total. The first-order chi connectivity index (χ1) is 6.60. The van der Waals surface area contributed by atoms with Gasteiger partial charge in [-0.15, -0.1) is 0 Å². The molecule has 0 amide bonds. The Morgan fingerprint density at radius 2 is 1.71 bits per heavy atom. The van der Waals surface area contributed by atoms with Gasteiger partial charge in [0.15, 0.2) is 11.5 Å². The van der Waals surface area contributed by atoms with Crippen molar-refractivity contribution in [1.82, 2.24) is 0 Å². The molecule has 0 saturated carbocycles. The zero-order valence-electron chi connectivity index (χ0n) is 9.13. The molecule has 0 fully saturated rings. The fourth-order valence-electron chi connectivity index (χ4n) is 1.14. The van der Waals surface area contributed by atoms with Crippen LogP contribution in [0.5, 0.6) is 11.5 Å².